The molecule has 0 aliphatic carbocycles. The number of anilines is 1. The summed E-state index contributed by atoms with van der Waals surface area (Å²) in [6, 6.07) is 3.74. The fraction of sp³-hybridized carbons (Fsp3) is 0.0909. The molecule has 2 N–H and O–H groups in total. The van der Waals surface area contributed by atoms with Gasteiger partial charge >= 0.3 is 0 Å². The number of allylic oxidation sites excluding steroid dienone is 1. The first kappa shape index (κ1) is 9.45. The molecule has 0 fully saturated rings. The van der Waals surface area contributed by atoms with E-state index in [2.05, 4.69) is 16.5 Å². The summed E-state index contributed by atoms with van der Waals surface area (Å²) >= 11 is 0. The van der Waals surface area contributed by atoms with Crippen molar-refractivity contribution in [3.05, 3.63) is 43.5 Å². The van der Waals surface area contributed by atoms with Crippen LogP contribution in [-0.2, 0) is 6.54 Å². The molecule has 0 aliphatic heterocycles. The second-order valence-corrected chi connectivity index (χ2v) is 3.19. The lowest BCUT2D eigenvalue weighted by Gasteiger charge is -2.05. The van der Waals surface area contributed by atoms with E-state index in [1.54, 1.807) is 18.7 Å². The van der Waals surface area contributed by atoms with Gasteiger partial charge in [-0.2, -0.15) is 0 Å². The van der Waals surface area contributed by atoms with Crippen molar-refractivity contribution in [3.63, 3.8) is 0 Å². The van der Waals surface area contributed by atoms with Crippen LogP contribution in [0.15, 0.2) is 43.5 Å². The number of hydrogen-bond donors (Lipinski definition) is 1. The minimum atomic E-state index is 0.513. The second-order valence-electron chi connectivity index (χ2n) is 3.19. The molecule has 0 saturated heterocycles. The van der Waals surface area contributed by atoms with Crippen molar-refractivity contribution in [2.45, 2.75) is 6.54 Å². The monoisotopic (exact) mass is 200 g/mol. The third kappa shape index (κ3) is 1.88. The molecule has 2 aromatic heterocycles. The molecule has 0 spiro atoms. The minimum absolute atomic E-state index is 0.513. The molecule has 0 bridgehead atoms. The summed E-state index contributed by atoms with van der Waals surface area (Å²) in [4.78, 5) is 8.05. The van der Waals surface area contributed by atoms with Crippen LogP contribution in [0.25, 0.3) is 11.3 Å². The molecule has 15 heavy (non-hydrogen) atoms. The zero-order valence-corrected chi connectivity index (χ0v) is 8.30. The number of hydrogen-bond acceptors (Lipinski definition) is 3. The molecule has 0 unspecified atom stereocenters. The van der Waals surface area contributed by atoms with E-state index in [1.807, 2.05) is 22.8 Å². The Morgan fingerprint density at radius 1 is 1.53 bits per heavy atom. The Bertz CT molecular complexity index is 473. The number of imidazole rings is 1. The van der Waals surface area contributed by atoms with Crippen molar-refractivity contribution in [2.75, 3.05) is 5.73 Å². The molecule has 0 aliphatic rings. The van der Waals surface area contributed by atoms with E-state index in [4.69, 9.17) is 5.73 Å². The van der Waals surface area contributed by atoms with Gasteiger partial charge in [0.1, 0.15) is 5.82 Å². The van der Waals surface area contributed by atoms with Crippen molar-refractivity contribution in [1.82, 2.24) is 14.5 Å². The first-order valence-electron chi connectivity index (χ1n) is 4.64. The highest BCUT2D eigenvalue weighted by molar-refractivity contribution is 5.61. The summed E-state index contributed by atoms with van der Waals surface area (Å²) < 4.78 is 2.00. The van der Waals surface area contributed by atoms with Gasteiger partial charge in [-0.1, -0.05) is 6.08 Å². The van der Waals surface area contributed by atoms with Crippen LogP contribution in [0.2, 0.25) is 0 Å². The Balaban J connectivity index is 2.44. The summed E-state index contributed by atoms with van der Waals surface area (Å²) in [5.74, 6) is 0.513. The lowest BCUT2D eigenvalue weighted by Crippen LogP contribution is -1.97. The molecule has 0 radical (unpaired) electrons. The molecular weight excluding hydrogens is 188 g/mol. The SMILES string of the molecule is C=CCn1cncc1-c1ccnc(N)c1. The van der Waals surface area contributed by atoms with Gasteiger partial charge < -0.3 is 10.3 Å². The smallest absolute Gasteiger partial charge is 0.123 e. The Kier molecular flexibility index (Phi) is 2.49. The van der Waals surface area contributed by atoms with Crippen LogP contribution in [0.4, 0.5) is 5.82 Å². The fourth-order valence-electron chi connectivity index (χ4n) is 1.45. The molecule has 0 atom stereocenters. The van der Waals surface area contributed by atoms with Crippen molar-refractivity contribution in [3.8, 4) is 11.3 Å². The average molecular weight is 200 g/mol. The number of nitrogens with two attached hydrogens (primary N) is 1. The molecule has 76 valence electrons. The second kappa shape index (κ2) is 3.96. The van der Waals surface area contributed by atoms with Crippen molar-refractivity contribution >= 4 is 5.82 Å². The van der Waals surface area contributed by atoms with Gasteiger partial charge in [0.2, 0.25) is 0 Å². The molecule has 0 amide bonds. The summed E-state index contributed by atoms with van der Waals surface area (Å²) in [5.41, 5.74) is 7.66. The summed E-state index contributed by atoms with van der Waals surface area (Å²) in [6.45, 7) is 4.44. The molecule has 0 saturated carbocycles. The molecule has 4 heteroatoms. The van der Waals surface area contributed by atoms with Gasteiger partial charge in [0, 0.05) is 18.3 Å². The number of aromatic nitrogens is 3. The van der Waals surface area contributed by atoms with Gasteiger partial charge in [-0.25, -0.2) is 9.97 Å². The first-order chi connectivity index (χ1) is 7.31. The Morgan fingerprint density at radius 2 is 2.40 bits per heavy atom. The summed E-state index contributed by atoms with van der Waals surface area (Å²) in [5, 5.41) is 0. The van der Waals surface area contributed by atoms with Gasteiger partial charge in [0.15, 0.2) is 0 Å². The number of nitrogens with zero attached hydrogens (tertiary/aromatic N) is 3. The molecule has 2 heterocycles. The van der Waals surface area contributed by atoms with E-state index in [-0.39, 0.29) is 0 Å². The highest BCUT2D eigenvalue weighted by Crippen LogP contribution is 2.19. The summed E-state index contributed by atoms with van der Waals surface area (Å²) in [6.07, 6.45) is 7.09. The van der Waals surface area contributed by atoms with Crippen LogP contribution in [0.3, 0.4) is 0 Å². The van der Waals surface area contributed by atoms with Crippen LogP contribution < -0.4 is 5.73 Å². The van der Waals surface area contributed by atoms with Gasteiger partial charge in [-0.3, -0.25) is 0 Å². The maximum atomic E-state index is 5.63. The molecule has 2 rings (SSSR count). The van der Waals surface area contributed by atoms with Crippen molar-refractivity contribution in [1.29, 1.82) is 0 Å². The van der Waals surface area contributed by atoms with E-state index < -0.39 is 0 Å². The van der Waals surface area contributed by atoms with Crippen LogP contribution in [0, 0.1) is 0 Å². The third-order valence-corrected chi connectivity index (χ3v) is 2.11. The van der Waals surface area contributed by atoms with Crippen molar-refractivity contribution in [2.24, 2.45) is 0 Å². The van der Waals surface area contributed by atoms with Gasteiger partial charge in [-0.05, 0) is 12.1 Å². The quantitative estimate of drug-likeness (QED) is 0.767. The van der Waals surface area contributed by atoms with Crippen LogP contribution in [0.1, 0.15) is 0 Å². The lowest BCUT2D eigenvalue weighted by atomic mass is 10.2. The van der Waals surface area contributed by atoms with Gasteiger partial charge in [0.25, 0.3) is 0 Å². The fourth-order valence-corrected chi connectivity index (χ4v) is 1.45. The Morgan fingerprint density at radius 3 is 3.13 bits per heavy atom. The molecular formula is C11H12N4. The number of rotatable bonds is 3. The van der Waals surface area contributed by atoms with Crippen LogP contribution in [0.5, 0.6) is 0 Å². The maximum absolute atomic E-state index is 5.63. The predicted octanol–water partition coefficient (Wildman–Crippen LogP) is 1.71. The van der Waals surface area contributed by atoms with Crippen LogP contribution in [-0.4, -0.2) is 14.5 Å². The normalized spacial score (nSPS) is 10.1. The largest absolute Gasteiger partial charge is 0.384 e. The van der Waals surface area contributed by atoms with Crippen molar-refractivity contribution < 1.29 is 0 Å². The third-order valence-electron chi connectivity index (χ3n) is 2.11. The maximum Gasteiger partial charge on any atom is 0.123 e. The Labute approximate surface area is 88.1 Å². The molecule has 4 nitrogen and oxygen atoms in total. The zero-order valence-electron chi connectivity index (χ0n) is 8.30. The van der Waals surface area contributed by atoms with E-state index >= 15 is 0 Å². The molecule has 2 aromatic rings. The Hall–Kier alpha value is -2.10. The first-order valence-corrected chi connectivity index (χ1v) is 4.64. The van der Waals surface area contributed by atoms with Gasteiger partial charge in [0.05, 0.1) is 18.2 Å². The summed E-state index contributed by atoms with van der Waals surface area (Å²) in [7, 11) is 0. The number of nitrogen functional groups attached to an aromatic ring is 1. The molecule has 0 aromatic carbocycles. The average Bonchev–Trinajstić information content (AvgIpc) is 2.66. The van der Waals surface area contributed by atoms with E-state index in [9.17, 15) is 0 Å². The predicted molar refractivity (Wildman–Crippen MR) is 60.1 cm³/mol. The minimum Gasteiger partial charge on any atom is -0.384 e. The van der Waals surface area contributed by atoms with E-state index in [0.29, 0.717) is 5.82 Å². The highest BCUT2D eigenvalue weighted by atomic mass is 15.0. The standard InChI is InChI=1S/C11H12N4/c1-2-5-15-8-13-7-10(15)9-3-4-14-11(12)6-9/h2-4,6-8H,1,5H2,(H2,12,14). The van der Waals surface area contributed by atoms with Crippen LogP contribution >= 0.6 is 0 Å². The zero-order chi connectivity index (χ0) is 10.7. The van der Waals surface area contributed by atoms with E-state index in [0.717, 1.165) is 17.8 Å². The highest BCUT2D eigenvalue weighted by Gasteiger charge is 2.03. The van der Waals surface area contributed by atoms with Gasteiger partial charge in [-0.15, -0.1) is 6.58 Å². The lowest BCUT2D eigenvalue weighted by molar-refractivity contribution is 0.829. The number of pyridine rings is 1. The topological polar surface area (TPSA) is 56.7 Å². The van der Waals surface area contributed by atoms with E-state index in [1.165, 1.54) is 0 Å².